The molecule has 1 atom stereocenters. The summed E-state index contributed by atoms with van der Waals surface area (Å²) >= 11 is 0. The second kappa shape index (κ2) is 11.9. The molecule has 0 fully saturated rings. The lowest BCUT2D eigenvalue weighted by molar-refractivity contribution is 0.487. The van der Waals surface area contributed by atoms with E-state index < -0.39 is 0 Å². The molecule has 5 heteroatoms. The number of rotatable bonds is 7. The van der Waals surface area contributed by atoms with E-state index in [2.05, 4.69) is 71.7 Å². The van der Waals surface area contributed by atoms with Crippen LogP contribution in [0.3, 0.4) is 0 Å². The molecule has 0 radical (unpaired) electrons. The average molecular weight is 466 g/mol. The Morgan fingerprint density at radius 2 is 1.81 bits per heavy atom. The number of nitrogens with zero attached hydrogens (tertiary/aromatic N) is 2. The van der Waals surface area contributed by atoms with E-state index >= 15 is 0 Å². The normalized spacial score (nSPS) is 12.4. The zero-order valence-electron chi connectivity index (χ0n) is 16.2. The van der Waals surface area contributed by atoms with E-state index in [0.717, 1.165) is 25.5 Å². The molecule has 0 spiro atoms. The van der Waals surface area contributed by atoms with Gasteiger partial charge in [-0.1, -0.05) is 51.1 Å². The zero-order chi connectivity index (χ0) is 18.1. The molecular weight excluding hydrogens is 435 g/mol. The molecule has 0 aliphatic heterocycles. The van der Waals surface area contributed by atoms with Gasteiger partial charge in [0.15, 0.2) is 5.96 Å². The number of hydrogen-bond acceptors (Lipinski definition) is 2. The molecule has 1 heterocycles. The first-order chi connectivity index (χ1) is 12.2. The number of guanidine groups is 1. The summed E-state index contributed by atoms with van der Waals surface area (Å²) in [5.74, 6) is 1.76. The first kappa shape index (κ1) is 22.4. The van der Waals surface area contributed by atoms with Gasteiger partial charge in [-0.15, -0.1) is 24.0 Å². The van der Waals surface area contributed by atoms with Gasteiger partial charge in [0.1, 0.15) is 0 Å². The fraction of sp³-hybridized carbons (Fsp3) is 0.429. The Kier molecular flexibility index (Phi) is 10.2. The molecule has 1 aromatic heterocycles. The number of aromatic nitrogens is 1. The molecular formula is C21H31IN4. The van der Waals surface area contributed by atoms with E-state index in [1.165, 1.54) is 16.7 Å². The van der Waals surface area contributed by atoms with Gasteiger partial charge < -0.3 is 10.6 Å². The van der Waals surface area contributed by atoms with Crippen molar-refractivity contribution in [1.82, 2.24) is 15.6 Å². The third-order valence-electron chi connectivity index (χ3n) is 4.58. The van der Waals surface area contributed by atoms with Gasteiger partial charge in [0.25, 0.3) is 0 Å². The van der Waals surface area contributed by atoms with Gasteiger partial charge in [-0.25, -0.2) is 0 Å². The molecule has 26 heavy (non-hydrogen) atoms. The Hall–Kier alpha value is -1.63. The zero-order valence-corrected chi connectivity index (χ0v) is 18.5. The lowest BCUT2D eigenvalue weighted by Gasteiger charge is -2.23. The molecule has 2 rings (SSSR count). The highest BCUT2D eigenvalue weighted by Crippen LogP contribution is 2.22. The van der Waals surface area contributed by atoms with Gasteiger partial charge in [-0.2, -0.15) is 0 Å². The van der Waals surface area contributed by atoms with Crippen LogP contribution in [-0.2, 0) is 13.0 Å². The van der Waals surface area contributed by atoms with E-state index in [9.17, 15) is 0 Å². The van der Waals surface area contributed by atoms with Crippen LogP contribution in [-0.4, -0.2) is 24.5 Å². The Bertz CT molecular complexity index is 671. The molecule has 4 nitrogen and oxygen atoms in total. The second-order valence-electron chi connectivity index (χ2n) is 6.57. The highest BCUT2D eigenvalue weighted by Gasteiger charge is 2.16. The molecule has 0 aliphatic carbocycles. The molecule has 142 valence electrons. The van der Waals surface area contributed by atoms with Gasteiger partial charge >= 0.3 is 0 Å². The molecule has 2 aromatic rings. The third kappa shape index (κ3) is 6.59. The van der Waals surface area contributed by atoms with Gasteiger partial charge in [0.05, 0.1) is 0 Å². The molecule has 0 saturated carbocycles. The summed E-state index contributed by atoms with van der Waals surface area (Å²) < 4.78 is 0. The Morgan fingerprint density at radius 3 is 2.38 bits per heavy atom. The lowest BCUT2D eigenvalue weighted by Crippen LogP contribution is -2.39. The van der Waals surface area contributed by atoms with Crippen molar-refractivity contribution >= 4 is 29.9 Å². The fourth-order valence-corrected chi connectivity index (χ4v) is 3.01. The summed E-state index contributed by atoms with van der Waals surface area (Å²) in [6.07, 6.45) is 4.82. The number of aryl methyl sites for hydroxylation is 1. The van der Waals surface area contributed by atoms with Crippen molar-refractivity contribution in [3.05, 3.63) is 65.5 Å². The maximum absolute atomic E-state index is 4.36. The van der Waals surface area contributed by atoms with Crippen LogP contribution in [0, 0.1) is 5.92 Å². The number of benzene rings is 1. The lowest BCUT2D eigenvalue weighted by atomic mass is 9.89. The Morgan fingerprint density at radius 1 is 1.08 bits per heavy atom. The molecule has 0 bridgehead atoms. The van der Waals surface area contributed by atoms with E-state index in [1.807, 2.05) is 25.5 Å². The highest BCUT2D eigenvalue weighted by molar-refractivity contribution is 14.0. The van der Waals surface area contributed by atoms with E-state index in [4.69, 9.17) is 0 Å². The van der Waals surface area contributed by atoms with E-state index in [-0.39, 0.29) is 24.0 Å². The van der Waals surface area contributed by atoms with Crippen molar-refractivity contribution in [1.29, 1.82) is 0 Å². The van der Waals surface area contributed by atoms with Gasteiger partial charge in [0, 0.05) is 38.4 Å². The van der Waals surface area contributed by atoms with Crippen molar-refractivity contribution in [2.45, 2.75) is 39.7 Å². The Balaban J connectivity index is 0.00000338. The SMILES string of the molecule is CCc1ccccc1CNC(=NC)NCC(c1cccnc1)C(C)C.I. The molecule has 0 saturated heterocycles. The van der Waals surface area contributed by atoms with Crippen LogP contribution in [0.15, 0.2) is 53.8 Å². The van der Waals surface area contributed by atoms with Crippen molar-refractivity contribution < 1.29 is 0 Å². The summed E-state index contributed by atoms with van der Waals surface area (Å²) in [7, 11) is 1.81. The predicted molar refractivity (Wildman–Crippen MR) is 121 cm³/mol. The first-order valence-electron chi connectivity index (χ1n) is 9.06. The highest BCUT2D eigenvalue weighted by atomic mass is 127. The topological polar surface area (TPSA) is 49.3 Å². The smallest absolute Gasteiger partial charge is 0.191 e. The number of nitrogens with one attached hydrogen (secondary N) is 2. The summed E-state index contributed by atoms with van der Waals surface area (Å²) in [5.41, 5.74) is 3.96. The number of halogens is 1. The minimum absolute atomic E-state index is 0. The largest absolute Gasteiger partial charge is 0.356 e. The first-order valence-corrected chi connectivity index (χ1v) is 9.06. The maximum Gasteiger partial charge on any atom is 0.191 e. The summed E-state index contributed by atoms with van der Waals surface area (Å²) in [6, 6.07) is 12.7. The van der Waals surface area contributed by atoms with Crippen LogP contribution in [0.2, 0.25) is 0 Å². The summed E-state index contributed by atoms with van der Waals surface area (Å²) in [6.45, 7) is 8.29. The number of pyridine rings is 1. The van der Waals surface area contributed by atoms with Crippen molar-refractivity contribution in [3.8, 4) is 0 Å². The molecule has 1 unspecified atom stereocenters. The van der Waals surface area contributed by atoms with E-state index in [0.29, 0.717) is 11.8 Å². The molecule has 2 N–H and O–H groups in total. The molecule has 0 amide bonds. The van der Waals surface area contributed by atoms with Crippen LogP contribution < -0.4 is 10.6 Å². The van der Waals surface area contributed by atoms with E-state index in [1.54, 1.807) is 0 Å². The standard InChI is InChI=1S/C21H30N4.HI/c1-5-17-9-6-7-10-18(17)14-24-21(22-4)25-15-20(16(2)3)19-11-8-12-23-13-19;/h6-13,16,20H,5,14-15H2,1-4H3,(H2,22,24,25);1H. The predicted octanol–water partition coefficient (Wildman–Crippen LogP) is 4.37. The van der Waals surface area contributed by atoms with Crippen LogP contribution >= 0.6 is 24.0 Å². The minimum atomic E-state index is 0. The van der Waals surface area contributed by atoms with Crippen LogP contribution in [0.1, 0.15) is 43.4 Å². The van der Waals surface area contributed by atoms with Gasteiger partial charge in [-0.3, -0.25) is 9.98 Å². The monoisotopic (exact) mass is 466 g/mol. The quantitative estimate of drug-likeness (QED) is 0.362. The van der Waals surface area contributed by atoms with Crippen molar-refractivity contribution in [3.63, 3.8) is 0 Å². The van der Waals surface area contributed by atoms with Gasteiger partial charge in [-0.05, 0) is 35.1 Å². The Labute approximate surface area is 174 Å². The number of hydrogen-bond donors (Lipinski definition) is 2. The number of aliphatic imine (C=N–C) groups is 1. The second-order valence-corrected chi connectivity index (χ2v) is 6.57. The minimum Gasteiger partial charge on any atom is -0.356 e. The van der Waals surface area contributed by atoms with Gasteiger partial charge in [0.2, 0.25) is 0 Å². The maximum atomic E-state index is 4.36. The van der Waals surface area contributed by atoms with Crippen molar-refractivity contribution in [2.75, 3.05) is 13.6 Å². The summed E-state index contributed by atoms with van der Waals surface area (Å²) in [5, 5.41) is 6.90. The van der Waals surface area contributed by atoms with Crippen LogP contribution in [0.5, 0.6) is 0 Å². The summed E-state index contributed by atoms with van der Waals surface area (Å²) in [4.78, 5) is 8.62. The molecule has 0 aliphatic rings. The van der Waals surface area contributed by atoms with Crippen molar-refractivity contribution in [2.24, 2.45) is 10.9 Å². The fourth-order valence-electron chi connectivity index (χ4n) is 3.01. The van der Waals surface area contributed by atoms with Crippen LogP contribution in [0.4, 0.5) is 0 Å². The van der Waals surface area contributed by atoms with Crippen LogP contribution in [0.25, 0.3) is 0 Å². The molecule has 1 aromatic carbocycles. The average Bonchev–Trinajstić information content (AvgIpc) is 2.65. The third-order valence-corrected chi connectivity index (χ3v) is 4.58.